The smallest absolute Gasteiger partial charge is 0.339 e. The first kappa shape index (κ1) is 20.3. The van der Waals surface area contributed by atoms with Gasteiger partial charge in [-0.2, -0.15) is 0 Å². The number of anilines is 1. The van der Waals surface area contributed by atoms with E-state index in [1.807, 2.05) is 11.0 Å². The summed E-state index contributed by atoms with van der Waals surface area (Å²) < 4.78 is 22.7. The normalized spacial score (nSPS) is 15.3. The second-order valence-corrected chi connectivity index (χ2v) is 8.54. The third-order valence-corrected chi connectivity index (χ3v) is 6.60. The summed E-state index contributed by atoms with van der Waals surface area (Å²) in [7, 11) is 3.14. The SMILES string of the molecule is COc1cc(OC)c(N2COc3c(Cl)cc4c5c(c(=O)oc4c3C2)CCCC5)cc1Cl. The van der Waals surface area contributed by atoms with Gasteiger partial charge in [0.15, 0.2) is 6.73 Å². The fraction of sp³-hybridized carbons (Fsp3) is 0.348. The zero-order chi connectivity index (χ0) is 21.7. The first-order valence-electron chi connectivity index (χ1n) is 10.1. The Balaban J connectivity index is 1.66. The molecule has 3 aromatic rings. The largest absolute Gasteiger partial charge is 0.495 e. The van der Waals surface area contributed by atoms with Gasteiger partial charge in [-0.25, -0.2) is 4.79 Å². The Morgan fingerprint density at radius 1 is 0.935 bits per heavy atom. The number of ether oxygens (including phenoxy) is 3. The van der Waals surface area contributed by atoms with Gasteiger partial charge < -0.3 is 23.5 Å². The summed E-state index contributed by atoms with van der Waals surface area (Å²) in [6.45, 7) is 0.666. The first-order valence-corrected chi connectivity index (χ1v) is 10.9. The summed E-state index contributed by atoms with van der Waals surface area (Å²) in [6, 6.07) is 5.38. The molecule has 8 heteroatoms. The van der Waals surface area contributed by atoms with Gasteiger partial charge in [0, 0.05) is 17.0 Å². The van der Waals surface area contributed by atoms with Crippen molar-refractivity contribution in [3.05, 3.63) is 55.4 Å². The van der Waals surface area contributed by atoms with Crippen molar-refractivity contribution in [3.63, 3.8) is 0 Å². The maximum absolute atomic E-state index is 12.7. The van der Waals surface area contributed by atoms with Crippen LogP contribution in [0.2, 0.25) is 10.0 Å². The van der Waals surface area contributed by atoms with Crippen molar-refractivity contribution in [2.45, 2.75) is 32.2 Å². The second-order valence-electron chi connectivity index (χ2n) is 7.73. The van der Waals surface area contributed by atoms with Gasteiger partial charge in [0.1, 0.15) is 22.8 Å². The van der Waals surface area contributed by atoms with Crippen LogP contribution < -0.4 is 24.7 Å². The number of aryl methyl sites for hydroxylation is 1. The molecule has 0 atom stereocenters. The number of hydrogen-bond acceptors (Lipinski definition) is 6. The summed E-state index contributed by atoms with van der Waals surface area (Å²) in [5, 5.41) is 1.87. The van der Waals surface area contributed by atoms with E-state index in [1.165, 1.54) is 0 Å². The molecule has 0 spiro atoms. The Kier molecular flexibility index (Phi) is 5.15. The third-order valence-electron chi connectivity index (χ3n) is 6.02. The molecule has 0 unspecified atom stereocenters. The molecule has 0 fully saturated rings. The number of hydrogen-bond donors (Lipinski definition) is 0. The minimum absolute atomic E-state index is 0.242. The second kappa shape index (κ2) is 7.84. The minimum Gasteiger partial charge on any atom is -0.495 e. The lowest BCUT2D eigenvalue weighted by atomic mass is 9.90. The molecule has 0 saturated carbocycles. The van der Waals surface area contributed by atoms with Gasteiger partial charge in [0.25, 0.3) is 0 Å². The van der Waals surface area contributed by atoms with Crippen LogP contribution in [0.5, 0.6) is 17.2 Å². The molecule has 2 aromatic carbocycles. The topological polar surface area (TPSA) is 61.1 Å². The van der Waals surface area contributed by atoms with Gasteiger partial charge in [-0.05, 0) is 43.4 Å². The maximum Gasteiger partial charge on any atom is 0.339 e. The standard InChI is InChI=1S/C23H21Cl2NO5/c1-28-19-9-20(29-2)18(8-16(19)24)26-10-15-21-14(7-17(25)22(15)30-11-26)12-5-3-4-6-13(12)23(27)31-21/h7-9H,3-6,10-11H2,1-2H3. The summed E-state index contributed by atoms with van der Waals surface area (Å²) in [6.07, 6.45) is 3.63. The van der Waals surface area contributed by atoms with Gasteiger partial charge in [0.2, 0.25) is 0 Å². The molecule has 0 N–H and O–H groups in total. The highest BCUT2D eigenvalue weighted by molar-refractivity contribution is 6.33. The van der Waals surface area contributed by atoms with Crippen LogP contribution in [0.4, 0.5) is 5.69 Å². The molecule has 0 saturated heterocycles. The van der Waals surface area contributed by atoms with Crippen molar-refractivity contribution in [1.82, 2.24) is 0 Å². The Morgan fingerprint density at radius 3 is 2.42 bits per heavy atom. The highest BCUT2D eigenvalue weighted by Crippen LogP contribution is 2.44. The lowest BCUT2D eigenvalue weighted by Gasteiger charge is -2.33. The molecule has 2 aliphatic rings. The number of methoxy groups -OCH3 is 2. The molecular weight excluding hydrogens is 441 g/mol. The molecule has 31 heavy (non-hydrogen) atoms. The summed E-state index contributed by atoms with van der Waals surface area (Å²) in [5.41, 5.74) is 3.57. The van der Waals surface area contributed by atoms with Crippen LogP contribution in [0.3, 0.4) is 0 Å². The Labute approximate surface area is 189 Å². The Hall–Kier alpha value is -2.57. The predicted molar refractivity (Wildman–Crippen MR) is 120 cm³/mol. The number of rotatable bonds is 3. The van der Waals surface area contributed by atoms with E-state index in [-0.39, 0.29) is 12.4 Å². The van der Waals surface area contributed by atoms with Gasteiger partial charge in [-0.1, -0.05) is 23.2 Å². The van der Waals surface area contributed by atoms with Gasteiger partial charge >= 0.3 is 5.63 Å². The van der Waals surface area contributed by atoms with Crippen LogP contribution in [0.1, 0.15) is 29.5 Å². The van der Waals surface area contributed by atoms with Crippen LogP contribution in [0.15, 0.2) is 27.4 Å². The molecule has 0 amide bonds. The van der Waals surface area contributed by atoms with Crippen molar-refractivity contribution in [2.24, 2.45) is 0 Å². The van der Waals surface area contributed by atoms with E-state index in [0.29, 0.717) is 39.4 Å². The van der Waals surface area contributed by atoms with Crippen molar-refractivity contribution >= 4 is 39.9 Å². The minimum atomic E-state index is -0.270. The molecule has 162 valence electrons. The molecular formula is C23H21Cl2NO5. The quantitative estimate of drug-likeness (QED) is 0.489. The molecule has 0 bridgehead atoms. The molecule has 6 nitrogen and oxygen atoms in total. The van der Waals surface area contributed by atoms with Gasteiger partial charge in [-0.3, -0.25) is 0 Å². The van der Waals surface area contributed by atoms with Crippen molar-refractivity contribution in [1.29, 1.82) is 0 Å². The number of nitrogens with zero attached hydrogens (tertiary/aromatic N) is 1. The molecule has 2 heterocycles. The third kappa shape index (κ3) is 3.29. The van der Waals surface area contributed by atoms with Crippen molar-refractivity contribution in [2.75, 3.05) is 25.9 Å². The highest BCUT2D eigenvalue weighted by Gasteiger charge is 2.29. The molecule has 1 aliphatic heterocycles. The fourth-order valence-electron chi connectivity index (χ4n) is 4.52. The van der Waals surface area contributed by atoms with Crippen LogP contribution in [0.25, 0.3) is 11.0 Å². The summed E-state index contributed by atoms with van der Waals surface area (Å²) >= 11 is 13.0. The zero-order valence-electron chi connectivity index (χ0n) is 17.2. The predicted octanol–water partition coefficient (Wildman–Crippen LogP) is 5.35. The van der Waals surface area contributed by atoms with Crippen LogP contribution >= 0.6 is 23.2 Å². The van der Waals surface area contributed by atoms with Gasteiger partial charge in [-0.15, -0.1) is 0 Å². The average molecular weight is 462 g/mol. The van der Waals surface area contributed by atoms with Crippen LogP contribution in [-0.4, -0.2) is 21.0 Å². The highest BCUT2D eigenvalue weighted by atomic mass is 35.5. The summed E-state index contributed by atoms with van der Waals surface area (Å²) in [5.74, 6) is 1.66. The summed E-state index contributed by atoms with van der Waals surface area (Å²) in [4.78, 5) is 14.7. The van der Waals surface area contributed by atoms with E-state index in [9.17, 15) is 4.79 Å². The van der Waals surface area contributed by atoms with E-state index in [4.69, 9.17) is 41.8 Å². The van der Waals surface area contributed by atoms with E-state index in [2.05, 4.69) is 0 Å². The molecule has 1 aliphatic carbocycles. The molecule has 5 rings (SSSR count). The van der Waals surface area contributed by atoms with Crippen molar-refractivity contribution < 1.29 is 18.6 Å². The van der Waals surface area contributed by atoms with E-state index in [1.54, 1.807) is 26.4 Å². The van der Waals surface area contributed by atoms with Crippen LogP contribution in [-0.2, 0) is 19.4 Å². The maximum atomic E-state index is 12.7. The lowest BCUT2D eigenvalue weighted by molar-refractivity contribution is 0.287. The number of benzene rings is 2. The van der Waals surface area contributed by atoms with Crippen LogP contribution in [0, 0.1) is 0 Å². The molecule has 0 radical (unpaired) electrons. The van der Waals surface area contributed by atoms with E-state index in [0.717, 1.165) is 53.4 Å². The average Bonchev–Trinajstić information content (AvgIpc) is 2.80. The first-order chi connectivity index (χ1) is 15.0. The molecule has 1 aromatic heterocycles. The Bertz CT molecular complexity index is 1250. The lowest BCUT2D eigenvalue weighted by Crippen LogP contribution is -2.32. The van der Waals surface area contributed by atoms with E-state index < -0.39 is 0 Å². The monoisotopic (exact) mass is 461 g/mol. The Morgan fingerprint density at radius 2 is 1.68 bits per heavy atom. The number of fused-ring (bicyclic) bond motifs is 5. The number of halogens is 2. The van der Waals surface area contributed by atoms with Crippen molar-refractivity contribution in [3.8, 4) is 17.2 Å². The van der Waals surface area contributed by atoms with Gasteiger partial charge in [0.05, 0.1) is 42.1 Å². The zero-order valence-corrected chi connectivity index (χ0v) is 18.7. The van der Waals surface area contributed by atoms with E-state index >= 15 is 0 Å². The fourth-order valence-corrected chi connectivity index (χ4v) is 5.03.